The maximum atomic E-state index is 12.6. The highest BCUT2D eigenvalue weighted by Gasteiger charge is 2.40. The Morgan fingerprint density at radius 3 is 2.48 bits per heavy atom. The fourth-order valence-corrected chi connectivity index (χ4v) is 4.21. The van der Waals surface area contributed by atoms with Crippen LogP contribution < -0.4 is 0 Å². The molecule has 1 aromatic heterocycles. The summed E-state index contributed by atoms with van der Waals surface area (Å²) in [6, 6.07) is 5.90. The predicted molar refractivity (Wildman–Crippen MR) is 102 cm³/mol. The van der Waals surface area contributed by atoms with E-state index in [-0.39, 0.29) is 24.5 Å². The fourth-order valence-electron chi connectivity index (χ4n) is 3.37. The Morgan fingerprint density at radius 1 is 1.26 bits per heavy atom. The first-order valence-electron chi connectivity index (χ1n) is 9.27. The first-order valence-corrected chi connectivity index (χ1v) is 10.1. The summed E-state index contributed by atoms with van der Waals surface area (Å²) in [6.45, 7) is 3.43. The first kappa shape index (κ1) is 21.1. The minimum atomic E-state index is -0.978. The summed E-state index contributed by atoms with van der Waals surface area (Å²) in [5, 5.41) is 9.59. The van der Waals surface area contributed by atoms with Gasteiger partial charge in [0.25, 0.3) is 5.91 Å². The Labute approximate surface area is 164 Å². The van der Waals surface area contributed by atoms with Gasteiger partial charge in [-0.15, -0.1) is 11.3 Å². The molecule has 0 unspecified atom stereocenters. The lowest BCUT2D eigenvalue weighted by atomic mass is 9.81. The number of hydrogen-bond donors (Lipinski definition) is 0. The van der Waals surface area contributed by atoms with E-state index in [1.807, 2.05) is 13.0 Å². The van der Waals surface area contributed by atoms with Gasteiger partial charge in [0, 0.05) is 18.3 Å². The van der Waals surface area contributed by atoms with Crippen LogP contribution in [0.3, 0.4) is 0 Å². The average Bonchev–Trinajstić information content (AvgIpc) is 3.11. The first-order chi connectivity index (χ1) is 12.8. The topological polar surface area (TPSA) is 87.5 Å². The van der Waals surface area contributed by atoms with Crippen LogP contribution >= 0.6 is 11.3 Å². The molecule has 1 fully saturated rings. The number of nitriles is 1. The van der Waals surface area contributed by atoms with Gasteiger partial charge in [-0.2, -0.15) is 5.26 Å². The molecular formula is C20H26N2O4S. The molecule has 7 heteroatoms. The molecule has 146 valence electrons. The second-order valence-corrected chi connectivity index (χ2v) is 8.35. The van der Waals surface area contributed by atoms with Crippen LogP contribution in [0.25, 0.3) is 0 Å². The number of amides is 1. The zero-order chi connectivity index (χ0) is 20.0. The smallest absolute Gasteiger partial charge is 0.307 e. The van der Waals surface area contributed by atoms with Crippen LogP contribution in [0.4, 0.5) is 0 Å². The van der Waals surface area contributed by atoms with Gasteiger partial charge in [-0.1, -0.05) is 19.3 Å². The fraction of sp³-hybridized carbons (Fsp3) is 0.600. The molecule has 1 aliphatic carbocycles. The molecule has 0 bridgehead atoms. The number of Topliss-reactive ketones (excluding diaryl/α,β-unsaturated/α-hetero) is 1. The molecule has 0 radical (unpaired) electrons. The van der Waals surface area contributed by atoms with Gasteiger partial charge in [0.05, 0.1) is 17.4 Å². The second kappa shape index (κ2) is 9.14. The van der Waals surface area contributed by atoms with Crippen LogP contribution in [-0.2, 0) is 14.3 Å². The van der Waals surface area contributed by atoms with E-state index in [4.69, 9.17) is 4.74 Å². The number of aryl methyl sites for hydroxylation is 1. The van der Waals surface area contributed by atoms with Crippen molar-refractivity contribution >= 4 is 29.0 Å². The van der Waals surface area contributed by atoms with Crippen molar-refractivity contribution in [3.8, 4) is 6.07 Å². The van der Waals surface area contributed by atoms with Gasteiger partial charge >= 0.3 is 5.97 Å². The average molecular weight is 391 g/mol. The van der Waals surface area contributed by atoms with Crippen molar-refractivity contribution in [3.63, 3.8) is 0 Å². The Kier molecular flexibility index (Phi) is 7.14. The third-order valence-corrected chi connectivity index (χ3v) is 6.13. The van der Waals surface area contributed by atoms with Gasteiger partial charge in [0.1, 0.15) is 5.54 Å². The summed E-state index contributed by atoms with van der Waals surface area (Å²) in [6.07, 6.45) is 3.16. The van der Waals surface area contributed by atoms with E-state index >= 15 is 0 Å². The minimum absolute atomic E-state index is 0.0532. The number of carbonyl (C=O) groups is 3. The van der Waals surface area contributed by atoms with Crippen molar-refractivity contribution < 1.29 is 19.1 Å². The van der Waals surface area contributed by atoms with E-state index in [0.717, 1.165) is 24.1 Å². The predicted octanol–water partition coefficient (Wildman–Crippen LogP) is 3.64. The summed E-state index contributed by atoms with van der Waals surface area (Å²) in [5.74, 6) is -1.07. The third-order valence-electron chi connectivity index (χ3n) is 5.09. The molecule has 0 saturated heterocycles. The molecule has 1 saturated carbocycles. The molecule has 1 atom stereocenters. The van der Waals surface area contributed by atoms with E-state index in [1.54, 1.807) is 13.1 Å². The number of thiophene rings is 1. The molecule has 0 spiro atoms. The van der Waals surface area contributed by atoms with Crippen LogP contribution in [-0.4, -0.2) is 41.3 Å². The lowest BCUT2D eigenvalue weighted by Gasteiger charge is -2.39. The van der Waals surface area contributed by atoms with Gasteiger partial charge in [0.2, 0.25) is 0 Å². The lowest BCUT2D eigenvalue weighted by Crippen LogP contribution is -2.53. The Morgan fingerprint density at radius 2 is 1.93 bits per heavy atom. The maximum absolute atomic E-state index is 12.6. The molecule has 1 amide bonds. The van der Waals surface area contributed by atoms with E-state index < -0.39 is 17.6 Å². The zero-order valence-corrected chi connectivity index (χ0v) is 16.9. The zero-order valence-electron chi connectivity index (χ0n) is 16.1. The number of esters is 1. The monoisotopic (exact) mass is 390 g/mol. The van der Waals surface area contributed by atoms with Gasteiger partial charge in [0.15, 0.2) is 11.9 Å². The standard InChI is InChI=1S/C20H26N2O4S/c1-14-7-9-17(27-14)16(23)8-10-18(24)26-15(2)19(25)22(3)20(13-21)11-5-4-6-12-20/h7,9,15H,4-6,8,10-12H2,1-3H3/t15-/m0/s1. The van der Waals surface area contributed by atoms with Crippen molar-refractivity contribution in [2.24, 2.45) is 0 Å². The normalized spacial score (nSPS) is 16.8. The lowest BCUT2D eigenvalue weighted by molar-refractivity contribution is -0.160. The number of ether oxygens (including phenoxy) is 1. The summed E-state index contributed by atoms with van der Waals surface area (Å²) in [7, 11) is 1.60. The summed E-state index contributed by atoms with van der Waals surface area (Å²) >= 11 is 1.39. The molecule has 0 aliphatic heterocycles. The van der Waals surface area contributed by atoms with Crippen LogP contribution in [0.5, 0.6) is 0 Å². The van der Waals surface area contributed by atoms with Gasteiger partial charge < -0.3 is 9.64 Å². The van der Waals surface area contributed by atoms with E-state index in [1.165, 1.54) is 23.2 Å². The number of carbonyl (C=O) groups excluding carboxylic acids is 3. The van der Waals surface area contributed by atoms with Gasteiger partial charge in [-0.05, 0) is 38.8 Å². The van der Waals surface area contributed by atoms with Crippen LogP contribution in [0.1, 0.15) is 66.4 Å². The molecule has 1 aromatic rings. The van der Waals surface area contributed by atoms with Crippen LogP contribution in [0, 0.1) is 18.3 Å². The Bertz CT molecular complexity index is 743. The number of rotatable bonds is 7. The van der Waals surface area contributed by atoms with Gasteiger partial charge in [-0.3, -0.25) is 14.4 Å². The Hall–Kier alpha value is -2.20. The van der Waals surface area contributed by atoms with Crippen molar-refractivity contribution in [1.82, 2.24) is 4.90 Å². The van der Waals surface area contributed by atoms with Crippen molar-refractivity contribution in [2.45, 2.75) is 70.4 Å². The van der Waals surface area contributed by atoms with Crippen molar-refractivity contribution in [3.05, 3.63) is 21.9 Å². The maximum Gasteiger partial charge on any atom is 0.307 e. The van der Waals surface area contributed by atoms with Crippen LogP contribution in [0.15, 0.2) is 12.1 Å². The third kappa shape index (κ3) is 5.16. The molecule has 1 aliphatic rings. The summed E-state index contributed by atoms with van der Waals surface area (Å²) in [5.41, 5.74) is -0.816. The molecule has 27 heavy (non-hydrogen) atoms. The van der Waals surface area contributed by atoms with Crippen LogP contribution in [0.2, 0.25) is 0 Å². The largest absolute Gasteiger partial charge is 0.453 e. The molecule has 6 nitrogen and oxygen atoms in total. The number of likely N-dealkylation sites (N-methyl/N-ethyl adjacent to an activating group) is 1. The van der Waals surface area contributed by atoms with Gasteiger partial charge in [-0.25, -0.2) is 0 Å². The number of hydrogen-bond acceptors (Lipinski definition) is 6. The summed E-state index contributed by atoms with van der Waals surface area (Å²) < 4.78 is 5.22. The molecule has 1 heterocycles. The minimum Gasteiger partial charge on any atom is -0.453 e. The summed E-state index contributed by atoms with van der Waals surface area (Å²) in [4.78, 5) is 39.8. The highest BCUT2D eigenvalue weighted by atomic mass is 32.1. The molecule has 0 N–H and O–H groups in total. The SMILES string of the molecule is Cc1ccc(C(=O)CCC(=O)O[C@@H](C)C(=O)N(C)C2(C#N)CCCCC2)s1. The highest BCUT2D eigenvalue weighted by molar-refractivity contribution is 7.14. The number of ketones is 1. The number of nitrogens with zero attached hydrogens (tertiary/aromatic N) is 2. The van der Waals surface area contributed by atoms with E-state index in [9.17, 15) is 19.6 Å². The van der Waals surface area contributed by atoms with E-state index in [0.29, 0.717) is 17.7 Å². The Balaban J connectivity index is 1.86. The quantitative estimate of drug-likeness (QED) is 0.524. The second-order valence-electron chi connectivity index (χ2n) is 7.07. The molecule has 2 rings (SSSR count). The molecule has 0 aromatic carbocycles. The van der Waals surface area contributed by atoms with Crippen molar-refractivity contribution in [2.75, 3.05) is 7.05 Å². The molecular weight excluding hydrogens is 364 g/mol. The highest BCUT2D eigenvalue weighted by Crippen LogP contribution is 2.33. The van der Waals surface area contributed by atoms with E-state index in [2.05, 4.69) is 6.07 Å². The van der Waals surface area contributed by atoms with Crippen molar-refractivity contribution in [1.29, 1.82) is 5.26 Å².